The van der Waals surface area contributed by atoms with E-state index in [2.05, 4.69) is 15.6 Å². The third kappa shape index (κ3) is 3.47. The van der Waals surface area contributed by atoms with Gasteiger partial charge in [-0.05, 0) is 19.1 Å². The predicted octanol–water partition coefficient (Wildman–Crippen LogP) is 2.05. The van der Waals surface area contributed by atoms with Crippen LogP contribution in [-0.2, 0) is 9.53 Å². The van der Waals surface area contributed by atoms with Crippen LogP contribution in [0.25, 0.3) is 11.3 Å². The SMILES string of the molecule is Cc1nc(-c2ccc(NC(=O)C3COCCN3)cc2)cs1. The van der Waals surface area contributed by atoms with Crippen molar-refractivity contribution in [2.45, 2.75) is 13.0 Å². The average molecular weight is 303 g/mol. The van der Waals surface area contributed by atoms with Crippen molar-refractivity contribution in [1.29, 1.82) is 0 Å². The number of benzene rings is 1. The zero-order chi connectivity index (χ0) is 14.7. The van der Waals surface area contributed by atoms with Crippen molar-refractivity contribution in [3.63, 3.8) is 0 Å². The first-order valence-corrected chi connectivity index (χ1v) is 7.75. The molecule has 1 saturated heterocycles. The first-order chi connectivity index (χ1) is 10.2. The lowest BCUT2D eigenvalue weighted by Gasteiger charge is -2.22. The monoisotopic (exact) mass is 303 g/mol. The molecule has 2 N–H and O–H groups in total. The number of nitrogens with one attached hydrogen (secondary N) is 2. The van der Waals surface area contributed by atoms with E-state index in [0.29, 0.717) is 19.8 Å². The maximum atomic E-state index is 12.1. The Labute approximate surface area is 127 Å². The van der Waals surface area contributed by atoms with Crippen molar-refractivity contribution in [3.8, 4) is 11.3 Å². The maximum absolute atomic E-state index is 12.1. The summed E-state index contributed by atoms with van der Waals surface area (Å²) in [6, 6.07) is 7.45. The fraction of sp³-hybridized carbons (Fsp3) is 0.333. The van der Waals surface area contributed by atoms with E-state index >= 15 is 0 Å². The highest BCUT2D eigenvalue weighted by atomic mass is 32.1. The van der Waals surface area contributed by atoms with Gasteiger partial charge in [0.15, 0.2) is 0 Å². The molecule has 2 aromatic rings. The number of aromatic nitrogens is 1. The Bertz CT molecular complexity index is 618. The number of hydrogen-bond donors (Lipinski definition) is 2. The van der Waals surface area contributed by atoms with Gasteiger partial charge in [0.2, 0.25) is 5.91 Å². The minimum atomic E-state index is -0.278. The van der Waals surface area contributed by atoms with E-state index in [1.807, 2.05) is 36.6 Å². The molecule has 5 nitrogen and oxygen atoms in total. The maximum Gasteiger partial charge on any atom is 0.243 e. The highest BCUT2D eigenvalue weighted by molar-refractivity contribution is 7.09. The van der Waals surface area contributed by atoms with Gasteiger partial charge in [0.25, 0.3) is 0 Å². The molecular formula is C15H17N3O2S. The molecule has 0 spiro atoms. The summed E-state index contributed by atoms with van der Waals surface area (Å²) >= 11 is 1.63. The molecule has 0 radical (unpaired) electrons. The Hall–Kier alpha value is -1.76. The summed E-state index contributed by atoms with van der Waals surface area (Å²) in [7, 11) is 0. The van der Waals surface area contributed by atoms with Crippen LogP contribution < -0.4 is 10.6 Å². The van der Waals surface area contributed by atoms with Crippen LogP contribution in [0, 0.1) is 6.92 Å². The van der Waals surface area contributed by atoms with Crippen LogP contribution >= 0.6 is 11.3 Å². The molecule has 1 aliphatic rings. The van der Waals surface area contributed by atoms with E-state index in [1.54, 1.807) is 11.3 Å². The third-order valence-corrected chi connectivity index (χ3v) is 4.08. The summed E-state index contributed by atoms with van der Waals surface area (Å²) in [6.45, 7) is 3.77. The van der Waals surface area contributed by atoms with Gasteiger partial charge >= 0.3 is 0 Å². The highest BCUT2D eigenvalue weighted by Crippen LogP contribution is 2.23. The number of nitrogens with zero attached hydrogens (tertiary/aromatic N) is 1. The summed E-state index contributed by atoms with van der Waals surface area (Å²) < 4.78 is 5.29. The lowest BCUT2D eigenvalue weighted by atomic mass is 10.1. The number of carbonyl (C=O) groups excluding carboxylic acids is 1. The quantitative estimate of drug-likeness (QED) is 0.911. The molecule has 2 heterocycles. The molecule has 1 aromatic carbocycles. The molecule has 1 aliphatic heterocycles. The molecule has 0 aliphatic carbocycles. The van der Waals surface area contributed by atoms with Gasteiger partial charge in [-0.2, -0.15) is 0 Å². The van der Waals surface area contributed by atoms with Gasteiger partial charge in [-0.3, -0.25) is 4.79 Å². The normalized spacial score (nSPS) is 18.4. The number of thiazole rings is 1. The highest BCUT2D eigenvalue weighted by Gasteiger charge is 2.21. The molecule has 0 saturated carbocycles. The van der Waals surface area contributed by atoms with Gasteiger partial charge < -0.3 is 15.4 Å². The second-order valence-corrected chi connectivity index (χ2v) is 5.96. The van der Waals surface area contributed by atoms with E-state index in [-0.39, 0.29) is 11.9 Å². The number of aryl methyl sites for hydroxylation is 1. The second kappa shape index (κ2) is 6.34. The number of ether oxygens (including phenoxy) is 1. The summed E-state index contributed by atoms with van der Waals surface area (Å²) in [6.07, 6.45) is 0. The lowest BCUT2D eigenvalue weighted by molar-refractivity contribution is -0.120. The number of hydrogen-bond acceptors (Lipinski definition) is 5. The van der Waals surface area contributed by atoms with Crippen LogP contribution in [0.5, 0.6) is 0 Å². The molecule has 110 valence electrons. The molecular weight excluding hydrogens is 286 g/mol. The van der Waals surface area contributed by atoms with Crippen LogP contribution in [0.15, 0.2) is 29.6 Å². The van der Waals surface area contributed by atoms with Gasteiger partial charge in [0.05, 0.1) is 23.9 Å². The molecule has 1 fully saturated rings. The Morgan fingerprint density at radius 1 is 1.43 bits per heavy atom. The van der Waals surface area contributed by atoms with Crippen molar-refractivity contribution >= 4 is 22.9 Å². The largest absolute Gasteiger partial charge is 0.378 e. The number of carbonyl (C=O) groups is 1. The van der Waals surface area contributed by atoms with Crippen LogP contribution in [-0.4, -0.2) is 36.7 Å². The van der Waals surface area contributed by atoms with Crippen LogP contribution in [0.3, 0.4) is 0 Å². The summed E-state index contributed by atoms with van der Waals surface area (Å²) in [4.78, 5) is 16.5. The molecule has 1 unspecified atom stereocenters. The third-order valence-electron chi connectivity index (χ3n) is 3.31. The van der Waals surface area contributed by atoms with E-state index < -0.39 is 0 Å². The topological polar surface area (TPSA) is 63.2 Å². The number of morpholine rings is 1. The second-order valence-electron chi connectivity index (χ2n) is 4.90. The first kappa shape index (κ1) is 14.2. The van der Waals surface area contributed by atoms with Crippen molar-refractivity contribution < 1.29 is 9.53 Å². The standard InChI is InChI=1S/C15H17N3O2S/c1-10-17-14(9-21-10)11-2-4-12(5-3-11)18-15(19)13-8-20-7-6-16-13/h2-5,9,13,16H,6-8H2,1H3,(H,18,19). The van der Waals surface area contributed by atoms with Gasteiger partial charge in [-0.1, -0.05) is 12.1 Å². The number of rotatable bonds is 3. The minimum Gasteiger partial charge on any atom is -0.378 e. The molecule has 6 heteroatoms. The predicted molar refractivity (Wildman–Crippen MR) is 83.5 cm³/mol. The fourth-order valence-electron chi connectivity index (χ4n) is 2.18. The Morgan fingerprint density at radius 3 is 2.86 bits per heavy atom. The van der Waals surface area contributed by atoms with E-state index in [4.69, 9.17) is 4.74 Å². The smallest absolute Gasteiger partial charge is 0.243 e. The van der Waals surface area contributed by atoms with Gasteiger partial charge in [-0.25, -0.2) is 4.98 Å². The fourth-order valence-corrected chi connectivity index (χ4v) is 2.81. The number of amides is 1. The Kier molecular flexibility index (Phi) is 4.28. The zero-order valence-electron chi connectivity index (χ0n) is 11.8. The van der Waals surface area contributed by atoms with Crippen LogP contribution in [0.2, 0.25) is 0 Å². The van der Waals surface area contributed by atoms with Gasteiger partial charge in [0, 0.05) is 23.2 Å². The average Bonchev–Trinajstić information content (AvgIpc) is 2.95. The summed E-state index contributed by atoms with van der Waals surface area (Å²) in [5.74, 6) is -0.0630. The van der Waals surface area contributed by atoms with Crippen molar-refractivity contribution in [2.75, 3.05) is 25.1 Å². The molecule has 1 aromatic heterocycles. The van der Waals surface area contributed by atoms with Crippen molar-refractivity contribution in [2.24, 2.45) is 0 Å². The van der Waals surface area contributed by atoms with E-state index in [0.717, 1.165) is 22.0 Å². The van der Waals surface area contributed by atoms with Gasteiger partial charge in [-0.15, -0.1) is 11.3 Å². The molecule has 1 amide bonds. The molecule has 3 rings (SSSR count). The number of anilines is 1. The van der Waals surface area contributed by atoms with Crippen molar-refractivity contribution in [1.82, 2.24) is 10.3 Å². The molecule has 0 bridgehead atoms. The molecule has 1 atom stereocenters. The lowest BCUT2D eigenvalue weighted by Crippen LogP contribution is -2.48. The Balaban J connectivity index is 1.65. The summed E-state index contributed by atoms with van der Waals surface area (Å²) in [5, 5.41) is 9.11. The Morgan fingerprint density at radius 2 is 2.24 bits per heavy atom. The van der Waals surface area contributed by atoms with Crippen LogP contribution in [0.1, 0.15) is 5.01 Å². The minimum absolute atomic E-state index is 0.0630. The summed E-state index contributed by atoms with van der Waals surface area (Å²) in [5.41, 5.74) is 2.80. The van der Waals surface area contributed by atoms with Crippen molar-refractivity contribution in [3.05, 3.63) is 34.7 Å². The van der Waals surface area contributed by atoms with E-state index in [1.165, 1.54) is 0 Å². The molecule has 21 heavy (non-hydrogen) atoms. The zero-order valence-corrected chi connectivity index (χ0v) is 12.6. The van der Waals surface area contributed by atoms with Crippen LogP contribution in [0.4, 0.5) is 5.69 Å². The van der Waals surface area contributed by atoms with Gasteiger partial charge in [0.1, 0.15) is 6.04 Å². The first-order valence-electron chi connectivity index (χ1n) is 6.87. The van der Waals surface area contributed by atoms with E-state index in [9.17, 15) is 4.79 Å².